The van der Waals surface area contributed by atoms with Gasteiger partial charge in [-0.05, 0) is 19.1 Å². The van der Waals surface area contributed by atoms with Gasteiger partial charge >= 0.3 is 12.0 Å². The van der Waals surface area contributed by atoms with Crippen molar-refractivity contribution in [3.8, 4) is 0 Å². The summed E-state index contributed by atoms with van der Waals surface area (Å²) in [4.78, 5) is 25.9. The highest BCUT2D eigenvalue weighted by Gasteiger charge is 2.24. The van der Waals surface area contributed by atoms with E-state index in [0.717, 1.165) is 0 Å². The molecule has 1 heterocycles. The number of hydrogen-bond donors (Lipinski definition) is 4. The highest BCUT2D eigenvalue weighted by atomic mass is 16.4. The first-order valence-corrected chi connectivity index (χ1v) is 4.89. The minimum absolute atomic E-state index is 0.430. The Hall–Kier alpha value is -2.15. The molecule has 1 aromatic rings. The molecule has 0 spiro atoms. The van der Waals surface area contributed by atoms with Gasteiger partial charge in [0.05, 0.1) is 18.0 Å². The molecule has 0 saturated carbocycles. The molecule has 92 valence electrons. The normalized spacial score (nSPS) is 13.5. The first kappa shape index (κ1) is 12.9. The fourth-order valence-electron chi connectivity index (χ4n) is 1.13. The Labute approximate surface area is 97.5 Å². The fourth-order valence-corrected chi connectivity index (χ4v) is 1.13. The minimum atomic E-state index is -1.35. The van der Waals surface area contributed by atoms with Crippen LogP contribution in [0.1, 0.15) is 6.92 Å². The lowest BCUT2D eigenvalue weighted by Gasteiger charge is -2.17. The van der Waals surface area contributed by atoms with Crippen molar-refractivity contribution in [3.63, 3.8) is 0 Å². The van der Waals surface area contributed by atoms with E-state index in [1.165, 1.54) is 13.1 Å². The molecule has 1 rings (SSSR count). The van der Waals surface area contributed by atoms with Crippen LogP contribution < -0.4 is 10.6 Å². The third kappa shape index (κ3) is 4.07. The largest absolute Gasteiger partial charge is 0.480 e. The van der Waals surface area contributed by atoms with Gasteiger partial charge < -0.3 is 20.8 Å². The van der Waals surface area contributed by atoms with E-state index in [2.05, 4.69) is 15.6 Å². The zero-order chi connectivity index (χ0) is 12.8. The second kappa shape index (κ2) is 5.80. The Kier molecular flexibility index (Phi) is 4.41. The van der Waals surface area contributed by atoms with Gasteiger partial charge in [0.25, 0.3) is 0 Å². The molecule has 1 aromatic heterocycles. The number of aromatic nitrogens is 1. The summed E-state index contributed by atoms with van der Waals surface area (Å²) >= 11 is 0. The molecule has 17 heavy (non-hydrogen) atoms. The summed E-state index contributed by atoms with van der Waals surface area (Å²) in [5, 5.41) is 22.4. The number of hydrogen-bond acceptors (Lipinski definition) is 4. The molecule has 0 saturated heterocycles. The summed E-state index contributed by atoms with van der Waals surface area (Å²) in [7, 11) is 0. The van der Waals surface area contributed by atoms with Gasteiger partial charge in [-0.15, -0.1) is 0 Å². The van der Waals surface area contributed by atoms with Crippen molar-refractivity contribution in [1.82, 2.24) is 10.3 Å². The first-order chi connectivity index (χ1) is 8.00. The van der Waals surface area contributed by atoms with E-state index in [4.69, 9.17) is 10.2 Å². The molecule has 0 aliphatic carbocycles. The maximum atomic E-state index is 11.4. The topological polar surface area (TPSA) is 112 Å². The van der Waals surface area contributed by atoms with Gasteiger partial charge in [-0.1, -0.05) is 0 Å². The standard InChI is InChI=1S/C10H13N3O4/c1-6(14)8(9(15)16)13-10(17)12-7-3-2-4-11-5-7/h2-6,8,14H,1H3,(H,15,16)(H2,12,13,17)/t6-,8+/m1/s1. The van der Waals surface area contributed by atoms with E-state index in [1.54, 1.807) is 18.3 Å². The molecule has 0 aromatic carbocycles. The molecule has 7 heteroatoms. The van der Waals surface area contributed by atoms with Crippen LogP contribution in [0.2, 0.25) is 0 Å². The van der Waals surface area contributed by atoms with E-state index in [-0.39, 0.29) is 0 Å². The van der Waals surface area contributed by atoms with Crippen LogP contribution in [0.3, 0.4) is 0 Å². The Morgan fingerprint density at radius 3 is 2.65 bits per heavy atom. The van der Waals surface area contributed by atoms with Crippen molar-refractivity contribution in [2.24, 2.45) is 0 Å². The number of amides is 2. The SMILES string of the molecule is C[C@@H](O)[C@H](NC(=O)Nc1cccnc1)C(=O)O. The second-order valence-electron chi connectivity index (χ2n) is 3.40. The molecule has 7 nitrogen and oxygen atoms in total. The van der Waals surface area contributed by atoms with Gasteiger partial charge in [0.2, 0.25) is 0 Å². The lowest BCUT2D eigenvalue weighted by atomic mass is 10.2. The van der Waals surface area contributed by atoms with Crippen LogP contribution in [0, 0.1) is 0 Å². The number of urea groups is 1. The number of anilines is 1. The van der Waals surface area contributed by atoms with Crippen LogP contribution in [0.4, 0.5) is 10.5 Å². The number of carbonyl (C=O) groups excluding carboxylic acids is 1. The van der Waals surface area contributed by atoms with E-state index in [9.17, 15) is 9.59 Å². The number of aliphatic hydroxyl groups excluding tert-OH is 1. The van der Waals surface area contributed by atoms with Gasteiger partial charge in [0.1, 0.15) is 0 Å². The molecule has 0 fully saturated rings. The average Bonchev–Trinajstić information content (AvgIpc) is 2.26. The molecule has 2 amide bonds. The van der Waals surface area contributed by atoms with Crippen LogP contribution in [0.5, 0.6) is 0 Å². The molecule has 4 N–H and O–H groups in total. The van der Waals surface area contributed by atoms with Crippen molar-refractivity contribution in [3.05, 3.63) is 24.5 Å². The quantitative estimate of drug-likeness (QED) is 0.592. The number of carbonyl (C=O) groups is 2. The molecule has 0 aliphatic rings. The number of pyridine rings is 1. The molecule has 0 radical (unpaired) electrons. The smallest absolute Gasteiger partial charge is 0.328 e. The van der Waals surface area contributed by atoms with E-state index in [1.807, 2.05) is 0 Å². The zero-order valence-corrected chi connectivity index (χ0v) is 9.12. The fraction of sp³-hybridized carbons (Fsp3) is 0.300. The summed E-state index contributed by atoms with van der Waals surface area (Å²) in [6.07, 6.45) is 1.77. The van der Waals surface area contributed by atoms with Gasteiger partial charge in [-0.3, -0.25) is 4.98 Å². The predicted molar refractivity (Wildman–Crippen MR) is 59.5 cm³/mol. The van der Waals surface area contributed by atoms with Crippen LogP contribution in [-0.2, 0) is 4.79 Å². The van der Waals surface area contributed by atoms with Crippen LogP contribution >= 0.6 is 0 Å². The third-order valence-corrected chi connectivity index (χ3v) is 1.95. The Balaban J connectivity index is 2.57. The predicted octanol–water partition coefficient (Wildman–Crippen LogP) is 0.0371. The highest BCUT2D eigenvalue weighted by molar-refractivity contribution is 5.92. The van der Waals surface area contributed by atoms with Crippen LogP contribution in [0.25, 0.3) is 0 Å². The molecule has 2 atom stereocenters. The van der Waals surface area contributed by atoms with Crippen LogP contribution in [0.15, 0.2) is 24.5 Å². The summed E-state index contributed by atoms with van der Waals surface area (Å²) in [5.41, 5.74) is 0.430. The molecule has 0 bridgehead atoms. The third-order valence-electron chi connectivity index (χ3n) is 1.95. The Morgan fingerprint density at radius 2 is 2.18 bits per heavy atom. The maximum Gasteiger partial charge on any atom is 0.328 e. The van der Waals surface area contributed by atoms with Gasteiger partial charge in [-0.25, -0.2) is 9.59 Å². The monoisotopic (exact) mass is 239 g/mol. The number of aliphatic hydroxyl groups is 1. The molecular formula is C10H13N3O4. The summed E-state index contributed by atoms with van der Waals surface area (Å²) in [6.45, 7) is 1.28. The van der Waals surface area contributed by atoms with E-state index < -0.39 is 24.1 Å². The van der Waals surface area contributed by atoms with E-state index >= 15 is 0 Å². The maximum absolute atomic E-state index is 11.4. The molecule has 0 unspecified atom stereocenters. The molecule has 0 aliphatic heterocycles. The summed E-state index contributed by atoms with van der Waals surface area (Å²) in [5.74, 6) is -1.30. The highest BCUT2D eigenvalue weighted by Crippen LogP contribution is 2.02. The number of carboxylic acids is 1. The number of nitrogens with one attached hydrogen (secondary N) is 2. The number of aliphatic carboxylic acids is 1. The summed E-state index contributed by atoms with van der Waals surface area (Å²) < 4.78 is 0. The minimum Gasteiger partial charge on any atom is -0.480 e. The number of nitrogens with zero attached hydrogens (tertiary/aromatic N) is 1. The van der Waals surface area contributed by atoms with Crippen molar-refractivity contribution in [1.29, 1.82) is 0 Å². The van der Waals surface area contributed by atoms with Crippen molar-refractivity contribution in [2.75, 3.05) is 5.32 Å². The number of rotatable bonds is 4. The zero-order valence-electron chi connectivity index (χ0n) is 9.12. The van der Waals surface area contributed by atoms with Crippen molar-refractivity contribution in [2.45, 2.75) is 19.1 Å². The Bertz CT molecular complexity index is 394. The van der Waals surface area contributed by atoms with E-state index in [0.29, 0.717) is 5.69 Å². The van der Waals surface area contributed by atoms with Crippen molar-refractivity contribution < 1.29 is 19.8 Å². The van der Waals surface area contributed by atoms with Crippen LogP contribution in [-0.4, -0.2) is 39.3 Å². The second-order valence-corrected chi connectivity index (χ2v) is 3.40. The Morgan fingerprint density at radius 1 is 1.47 bits per heavy atom. The van der Waals surface area contributed by atoms with Gasteiger partial charge in [0, 0.05) is 6.20 Å². The van der Waals surface area contributed by atoms with Gasteiger partial charge in [0.15, 0.2) is 6.04 Å². The lowest BCUT2D eigenvalue weighted by Crippen LogP contribution is -2.49. The average molecular weight is 239 g/mol. The number of carboxylic acid groups (broad SMARTS) is 1. The first-order valence-electron chi connectivity index (χ1n) is 4.89. The van der Waals surface area contributed by atoms with Crippen molar-refractivity contribution >= 4 is 17.7 Å². The lowest BCUT2D eigenvalue weighted by molar-refractivity contribution is -0.141. The summed E-state index contributed by atoms with van der Waals surface area (Å²) in [6, 6.07) is 1.15. The van der Waals surface area contributed by atoms with Gasteiger partial charge in [-0.2, -0.15) is 0 Å². The molecular weight excluding hydrogens is 226 g/mol.